The van der Waals surface area contributed by atoms with Crippen molar-refractivity contribution in [1.29, 1.82) is 0 Å². The summed E-state index contributed by atoms with van der Waals surface area (Å²) in [4.78, 5) is 36.6. The molecule has 1 aromatic rings. The minimum absolute atomic E-state index is 0.0399. The highest BCUT2D eigenvalue weighted by molar-refractivity contribution is 8.00. The number of nitrogens with one attached hydrogen (secondary N) is 1. The van der Waals surface area contributed by atoms with Crippen LogP contribution in [0.4, 0.5) is 13.2 Å². The molecule has 2 atom stereocenters. The van der Waals surface area contributed by atoms with Gasteiger partial charge in [-0.2, -0.15) is 21.6 Å². The second-order valence-electron chi connectivity index (χ2n) is 6.18. The summed E-state index contributed by atoms with van der Waals surface area (Å²) in [6.45, 7) is 0. The number of carbonyl (C=O) groups excluding carboxylic acids is 2. The minimum atomic E-state index is -6.11. The van der Waals surface area contributed by atoms with Gasteiger partial charge in [-0.15, -0.1) is 11.8 Å². The highest BCUT2D eigenvalue weighted by Crippen LogP contribution is 2.42. The lowest BCUT2D eigenvalue weighted by atomic mass is 10.0. The maximum absolute atomic E-state index is 12.5. The smallest absolute Gasteiger partial charge is 0.476 e. The number of carboxylic acids is 1. The first-order valence-corrected chi connectivity index (χ1v) is 10.6. The molecule has 0 aliphatic carbocycles. The molecule has 2 amide bonds. The fourth-order valence-corrected chi connectivity index (χ4v) is 4.67. The average Bonchev–Trinajstić information content (AvgIpc) is 2.65. The molecule has 1 fully saturated rings. The quantitative estimate of drug-likeness (QED) is 0.358. The molecular weight excluding hydrogens is 453 g/mol. The molecule has 2 aliphatic rings. The van der Waals surface area contributed by atoms with Crippen molar-refractivity contribution in [3.8, 4) is 0 Å². The van der Waals surface area contributed by atoms with E-state index in [4.69, 9.17) is 0 Å². The molecule has 162 valence electrons. The summed E-state index contributed by atoms with van der Waals surface area (Å²) in [6, 6.07) is 7.47. The van der Waals surface area contributed by atoms with Crippen LogP contribution in [0.2, 0.25) is 0 Å². The Balaban J connectivity index is 1.76. The zero-order valence-electron chi connectivity index (χ0n) is 14.7. The standard InChI is InChI=1S/C16H13F3N2O7S2/c17-16(18,19)30(26,27)28-9-7-29-14-11(13(23)21(14)12(9)15(24)25)20-10(22)6-8-4-2-1-3-5-8/h1-5,11,14H,6-7H2,(H,20,22)(H,24,25)/t11?,14-/m1/s1. The summed E-state index contributed by atoms with van der Waals surface area (Å²) in [6.07, 6.45) is -0.0399. The summed E-state index contributed by atoms with van der Waals surface area (Å²) in [5.41, 5.74) is -6.10. The third kappa shape index (κ3) is 4.09. The number of nitrogens with zero attached hydrogens (tertiary/aromatic N) is 1. The van der Waals surface area contributed by atoms with Crippen LogP contribution >= 0.6 is 11.8 Å². The van der Waals surface area contributed by atoms with Crippen LogP contribution in [0.15, 0.2) is 41.8 Å². The Labute approximate surface area is 172 Å². The first-order valence-electron chi connectivity index (χ1n) is 8.17. The summed E-state index contributed by atoms with van der Waals surface area (Å²) < 4.78 is 64.0. The number of alkyl halides is 3. The Hall–Kier alpha value is -2.74. The number of benzene rings is 1. The van der Waals surface area contributed by atoms with Gasteiger partial charge in [0, 0.05) is 0 Å². The Morgan fingerprint density at radius 2 is 1.90 bits per heavy atom. The fraction of sp³-hybridized carbons (Fsp3) is 0.312. The number of carboxylic acid groups (broad SMARTS) is 1. The predicted molar refractivity (Wildman–Crippen MR) is 95.9 cm³/mol. The number of hydrogen-bond donors (Lipinski definition) is 2. The number of hydrogen-bond acceptors (Lipinski definition) is 7. The highest BCUT2D eigenvalue weighted by Gasteiger charge is 2.56. The van der Waals surface area contributed by atoms with E-state index in [0.717, 1.165) is 11.8 Å². The zero-order chi connectivity index (χ0) is 22.3. The molecule has 1 saturated heterocycles. The lowest BCUT2D eigenvalue weighted by Crippen LogP contribution is -2.70. The molecule has 0 radical (unpaired) electrons. The van der Waals surface area contributed by atoms with E-state index in [9.17, 15) is 41.1 Å². The summed E-state index contributed by atoms with van der Waals surface area (Å²) in [5.74, 6) is -4.84. The van der Waals surface area contributed by atoms with E-state index in [0.29, 0.717) is 10.5 Å². The van der Waals surface area contributed by atoms with Gasteiger partial charge in [0.1, 0.15) is 11.4 Å². The predicted octanol–water partition coefficient (Wildman–Crippen LogP) is 0.791. The Morgan fingerprint density at radius 3 is 2.47 bits per heavy atom. The summed E-state index contributed by atoms with van der Waals surface area (Å²) in [5, 5.41) is 10.8. The van der Waals surface area contributed by atoms with Crippen LogP contribution in [0.25, 0.3) is 0 Å². The molecule has 1 unspecified atom stereocenters. The number of aliphatic carboxylic acids is 1. The Morgan fingerprint density at radius 1 is 1.27 bits per heavy atom. The molecule has 0 bridgehead atoms. The van der Waals surface area contributed by atoms with Gasteiger partial charge < -0.3 is 14.6 Å². The van der Waals surface area contributed by atoms with Gasteiger partial charge in [-0.3, -0.25) is 14.5 Å². The minimum Gasteiger partial charge on any atom is -0.476 e. The molecule has 2 aliphatic heterocycles. The first kappa shape index (κ1) is 22.0. The topological polar surface area (TPSA) is 130 Å². The second kappa shape index (κ2) is 7.83. The van der Waals surface area contributed by atoms with E-state index in [1.807, 2.05) is 0 Å². The molecule has 2 heterocycles. The third-order valence-electron chi connectivity index (χ3n) is 4.15. The maximum Gasteiger partial charge on any atom is 0.534 e. The van der Waals surface area contributed by atoms with Crippen molar-refractivity contribution in [2.24, 2.45) is 0 Å². The number of carbonyl (C=O) groups is 3. The van der Waals surface area contributed by atoms with Crippen LogP contribution in [-0.2, 0) is 35.1 Å². The van der Waals surface area contributed by atoms with Gasteiger partial charge in [-0.05, 0) is 5.56 Å². The molecule has 0 aromatic heterocycles. The van der Waals surface area contributed by atoms with E-state index in [1.165, 1.54) is 0 Å². The molecule has 14 heteroatoms. The largest absolute Gasteiger partial charge is 0.534 e. The number of thioether (sulfide) groups is 1. The molecule has 9 nitrogen and oxygen atoms in total. The Bertz CT molecular complexity index is 1030. The number of amides is 2. The second-order valence-corrected chi connectivity index (χ2v) is 8.82. The zero-order valence-corrected chi connectivity index (χ0v) is 16.4. The molecule has 2 N–H and O–H groups in total. The van der Waals surface area contributed by atoms with Crippen molar-refractivity contribution in [3.63, 3.8) is 0 Å². The van der Waals surface area contributed by atoms with Crippen molar-refractivity contribution >= 4 is 39.7 Å². The van der Waals surface area contributed by atoms with Gasteiger partial charge >= 0.3 is 21.6 Å². The van der Waals surface area contributed by atoms with Crippen LogP contribution in [0.1, 0.15) is 5.56 Å². The molecule has 30 heavy (non-hydrogen) atoms. The maximum atomic E-state index is 12.5. The molecular formula is C16H13F3N2O7S2. The van der Waals surface area contributed by atoms with Crippen LogP contribution < -0.4 is 5.32 Å². The van der Waals surface area contributed by atoms with E-state index < -0.39 is 62.0 Å². The van der Waals surface area contributed by atoms with E-state index in [2.05, 4.69) is 9.50 Å². The van der Waals surface area contributed by atoms with Crippen LogP contribution in [0.5, 0.6) is 0 Å². The van der Waals surface area contributed by atoms with E-state index in [-0.39, 0.29) is 6.42 Å². The van der Waals surface area contributed by atoms with Gasteiger partial charge in [0.2, 0.25) is 5.91 Å². The van der Waals surface area contributed by atoms with Crippen molar-refractivity contribution in [2.75, 3.05) is 5.75 Å². The molecule has 1 aromatic carbocycles. The number of β-lactam (4-membered cyclic amide) rings is 1. The van der Waals surface area contributed by atoms with Crippen molar-refractivity contribution in [1.82, 2.24) is 10.2 Å². The normalized spacial score (nSPS) is 21.6. The molecule has 3 rings (SSSR count). The van der Waals surface area contributed by atoms with Gasteiger partial charge in [-0.1, -0.05) is 30.3 Å². The lowest BCUT2D eigenvalue weighted by molar-refractivity contribution is -0.151. The SMILES string of the molecule is O=C(Cc1ccccc1)NC1C(=O)N2C(C(=O)O)=C(OS(=O)(=O)C(F)(F)F)CS[C@H]12. The van der Waals surface area contributed by atoms with Crippen LogP contribution in [0.3, 0.4) is 0 Å². The molecule has 0 spiro atoms. The van der Waals surface area contributed by atoms with Crippen molar-refractivity contribution in [3.05, 3.63) is 47.4 Å². The van der Waals surface area contributed by atoms with Gasteiger partial charge in [0.05, 0.1) is 12.2 Å². The molecule has 0 saturated carbocycles. The van der Waals surface area contributed by atoms with Gasteiger partial charge in [-0.25, -0.2) is 4.79 Å². The van der Waals surface area contributed by atoms with Gasteiger partial charge in [0.15, 0.2) is 11.5 Å². The monoisotopic (exact) mass is 466 g/mol. The van der Waals surface area contributed by atoms with E-state index >= 15 is 0 Å². The van der Waals surface area contributed by atoms with Crippen LogP contribution in [-0.4, -0.2) is 58.9 Å². The van der Waals surface area contributed by atoms with Crippen LogP contribution in [0, 0.1) is 0 Å². The van der Waals surface area contributed by atoms with E-state index in [1.54, 1.807) is 30.3 Å². The number of halogens is 3. The fourth-order valence-electron chi connectivity index (χ4n) is 2.84. The van der Waals surface area contributed by atoms with Gasteiger partial charge in [0.25, 0.3) is 5.91 Å². The highest BCUT2D eigenvalue weighted by atomic mass is 32.2. The summed E-state index contributed by atoms with van der Waals surface area (Å²) in [7, 11) is -6.11. The first-order chi connectivity index (χ1) is 13.9. The number of rotatable bonds is 6. The van der Waals surface area contributed by atoms with Crippen molar-refractivity contribution in [2.45, 2.75) is 23.3 Å². The number of fused-ring (bicyclic) bond motifs is 1. The summed E-state index contributed by atoms with van der Waals surface area (Å²) >= 11 is 0.766. The lowest BCUT2D eigenvalue weighted by Gasteiger charge is -2.48. The van der Waals surface area contributed by atoms with Crippen molar-refractivity contribution < 1.29 is 45.3 Å². The Kier molecular flexibility index (Phi) is 5.73. The third-order valence-corrected chi connectivity index (χ3v) is 6.39. The average molecular weight is 466 g/mol.